The van der Waals surface area contributed by atoms with Crippen LogP contribution < -0.4 is 0 Å². The fourth-order valence-electron chi connectivity index (χ4n) is 6.93. The van der Waals surface area contributed by atoms with Gasteiger partial charge in [0.25, 0.3) is 0 Å². The summed E-state index contributed by atoms with van der Waals surface area (Å²) in [7, 11) is 0. The third-order valence-corrected chi connectivity index (χ3v) is 10.7. The lowest BCUT2D eigenvalue weighted by Gasteiger charge is -2.18. The Bertz CT molecular complexity index is 1090. The third kappa shape index (κ3) is 46.0. The van der Waals surface area contributed by atoms with Crippen molar-refractivity contribution in [2.75, 3.05) is 13.2 Å². The second-order valence-electron chi connectivity index (χ2n) is 16.5. The highest BCUT2D eigenvalue weighted by molar-refractivity contribution is 5.71. The molecule has 0 bridgehead atoms. The summed E-state index contributed by atoms with van der Waals surface area (Å²) in [6.45, 7) is 6.46. The van der Waals surface area contributed by atoms with Crippen LogP contribution in [-0.2, 0) is 28.6 Å². The van der Waals surface area contributed by atoms with Crippen molar-refractivity contribution in [2.24, 2.45) is 0 Å². The number of rotatable bonds is 44. The molecule has 59 heavy (non-hydrogen) atoms. The molecule has 0 aliphatic rings. The molecule has 0 amide bonds. The summed E-state index contributed by atoms with van der Waals surface area (Å²) in [6, 6.07) is 0. The van der Waals surface area contributed by atoms with Crippen LogP contribution in [-0.4, -0.2) is 37.2 Å². The van der Waals surface area contributed by atoms with Gasteiger partial charge < -0.3 is 14.2 Å². The first-order valence-corrected chi connectivity index (χ1v) is 24.9. The van der Waals surface area contributed by atoms with Crippen molar-refractivity contribution >= 4 is 17.9 Å². The second-order valence-corrected chi connectivity index (χ2v) is 16.5. The summed E-state index contributed by atoms with van der Waals surface area (Å²) in [5.74, 6) is -0.923. The average molecular weight is 825 g/mol. The first-order chi connectivity index (χ1) is 29.0. The standard InChI is InChI=1S/C53H92O6/c1-4-7-10-13-16-19-22-25-26-29-31-34-37-40-43-46-52(55)58-49-50(59-53(56)47-44-41-38-35-32-28-24-21-18-15-12-9-6-3)48-57-51(54)45-42-39-36-33-30-27-23-20-17-14-11-8-5-2/h7,10,13,16,19,22,25-26,29,31,50H,4-6,8-9,11-12,14-15,17-18,20-21,23-24,27-28,30,32-49H2,1-3H3/b10-7-,16-13-,22-19-,26-25-,31-29-. The summed E-state index contributed by atoms with van der Waals surface area (Å²) in [6.07, 6.45) is 57.7. The van der Waals surface area contributed by atoms with Crippen LogP contribution in [0.1, 0.15) is 239 Å². The zero-order valence-corrected chi connectivity index (χ0v) is 38.8. The van der Waals surface area contributed by atoms with Gasteiger partial charge in [0.15, 0.2) is 6.10 Å². The van der Waals surface area contributed by atoms with Gasteiger partial charge in [-0.05, 0) is 38.5 Å². The van der Waals surface area contributed by atoms with E-state index in [1.807, 2.05) is 48.6 Å². The molecular formula is C53H92O6. The van der Waals surface area contributed by atoms with Crippen LogP contribution in [0.25, 0.3) is 0 Å². The van der Waals surface area contributed by atoms with Gasteiger partial charge in [0, 0.05) is 19.3 Å². The van der Waals surface area contributed by atoms with Gasteiger partial charge in [-0.1, -0.05) is 242 Å². The molecule has 0 rings (SSSR count). The Morgan fingerprint density at radius 3 is 1.03 bits per heavy atom. The number of ether oxygens (including phenoxy) is 3. The second kappa shape index (κ2) is 47.8. The van der Waals surface area contributed by atoms with Crippen LogP contribution >= 0.6 is 0 Å². The Morgan fingerprint density at radius 2 is 0.661 bits per heavy atom. The topological polar surface area (TPSA) is 78.9 Å². The molecule has 1 atom stereocenters. The average Bonchev–Trinajstić information content (AvgIpc) is 3.23. The predicted molar refractivity (Wildman–Crippen MR) is 251 cm³/mol. The van der Waals surface area contributed by atoms with E-state index in [1.54, 1.807) is 0 Å². The molecule has 1 unspecified atom stereocenters. The fraction of sp³-hybridized carbons (Fsp3) is 0.755. The number of hydrogen-bond acceptors (Lipinski definition) is 6. The maximum Gasteiger partial charge on any atom is 0.306 e. The summed E-state index contributed by atoms with van der Waals surface area (Å²) in [4.78, 5) is 37.9. The van der Waals surface area contributed by atoms with Gasteiger partial charge >= 0.3 is 17.9 Å². The molecule has 0 heterocycles. The fourth-order valence-corrected chi connectivity index (χ4v) is 6.93. The van der Waals surface area contributed by atoms with Crippen molar-refractivity contribution in [1.29, 1.82) is 0 Å². The van der Waals surface area contributed by atoms with Crippen molar-refractivity contribution < 1.29 is 28.6 Å². The van der Waals surface area contributed by atoms with E-state index >= 15 is 0 Å². The van der Waals surface area contributed by atoms with E-state index in [4.69, 9.17) is 14.2 Å². The summed E-state index contributed by atoms with van der Waals surface area (Å²) >= 11 is 0. The lowest BCUT2D eigenvalue weighted by Crippen LogP contribution is -2.30. The lowest BCUT2D eigenvalue weighted by molar-refractivity contribution is -0.167. The Balaban J connectivity index is 4.44. The molecule has 0 aliphatic heterocycles. The molecule has 0 aliphatic carbocycles. The van der Waals surface area contributed by atoms with Crippen LogP contribution in [0.3, 0.4) is 0 Å². The Labute approximate surface area is 364 Å². The van der Waals surface area contributed by atoms with E-state index in [0.29, 0.717) is 19.3 Å². The first-order valence-electron chi connectivity index (χ1n) is 24.9. The third-order valence-electron chi connectivity index (χ3n) is 10.7. The molecule has 0 N–H and O–H groups in total. The lowest BCUT2D eigenvalue weighted by atomic mass is 10.0. The molecule has 0 saturated heterocycles. The molecule has 6 nitrogen and oxygen atoms in total. The smallest absolute Gasteiger partial charge is 0.306 e. The van der Waals surface area contributed by atoms with Gasteiger partial charge in [0.2, 0.25) is 0 Å². The van der Waals surface area contributed by atoms with E-state index < -0.39 is 6.10 Å². The van der Waals surface area contributed by atoms with Crippen molar-refractivity contribution in [3.63, 3.8) is 0 Å². The summed E-state index contributed by atoms with van der Waals surface area (Å²) in [5, 5.41) is 0. The molecule has 0 aromatic carbocycles. The highest BCUT2D eigenvalue weighted by Gasteiger charge is 2.19. The van der Waals surface area contributed by atoms with E-state index in [9.17, 15) is 14.4 Å². The van der Waals surface area contributed by atoms with Crippen LogP contribution in [0.5, 0.6) is 0 Å². The van der Waals surface area contributed by atoms with Crippen LogP contribution in [0, 0.1) is 0 Å². The van der Waals surface area contributed by atoms with Gasteiger partial charge in [-0.25, -0.2) is 0 Å². The molecule has 0 saturated carbocycles. The maximum atomic E-state index is 12.8. The largest absolute Gasteiger partial charge is 0.462 e. The van der Waals surface area contributed by atoms with Crippen LogP contribution in [0.15, 0.2) is 60.8 Å². The number of esters is 3. The van der Waals surface area contributed by atoms with Crippen LogP contribution in [0.4, 0.5) is 0 Å². The van der Waals surface area contributed by atoms with Crippen molar-refractivity contribution in [1.82, 2.24) is 0 Å². The number of allylic oxidation sites excluding steroid dienone is 10. The minimum atomic E-state index is -0.786. The monoisotopic (exact) mass is 825 g/mol. The highest BCUT2D eigenvalue weighted by Crippen LogP contribution is 2.15. The molecule has 0 radical (unpaired) electrons. The van der Waals surface area contributed by atoms with Gasteiger partial charge in [-0.2, -0.15) is 0 Å². The Kier molecular flexibility index (Phi) is 45.4. The Morgan fingerprint density at radius 1 is 0.356 bits per heavy atom. The molecule has 0 aromatic rings. The molecular weight excluding hydrogens is 733 g/mol. The first kappa shape index (κ1) is 56.1. The molecule has 0 aromatic heterocycles. The van der Waals surface area contributed by atoms with E-state index in [1.165, 1.54) is 128 Å². The molecule has 340 valence electrons. The Hall–Kier alpha value is -2.89. The zero-order valence-electron chi connectivity index (χ0n) is 38.8. The summed E-state index contributed by atoms with van der Waals surface area (Å²) < 4.78 is 16.7. The van der Waals surface area contributed by atoms with E-state index in [2.05, 4.69) is 32.9 Å². The number of carbonyl (C=O) groups excluding carboxylic acids is 3. The van der Waals surface area contributed by atoms with E-state index in [0.717, 1.165) is 70.6 Å². The van der Waals surface area contributed by atoms with Gasteiger partial charge in [0.1, 0.15) is 13.2 Å². The quantitative estimate of drug-likeness (QED) is 0.0263. The molecule has 0 fully saturated rings. The predicted octanol–water partition coefficient (Wildman–Crippen LogP) is 16.1. The van der Waals surface area contributed by atoms with Gasteiger partial charge in [0.05, 0.1) is 0 Å². The van der Waals surface area contributed by atoms with Crippen molar-refractivity contribution in [3.05, 3.63) is 60.8 Å². The van der Waals surface area contributed by atoms with Crippen molar-refractivity contribution in [3.8, 4) is 0 Å². The normalized spacial score (nSPS) is 12.5. The van der Waals surface area contributed by atoms with E-state index in [-0.39, 0.29) is 31.1 Å². The number of carbonyl (C=O) groups is 3. The number of hydrogen-bond donors (Lipinski definition) is 0. The number of unbranched alkanes of at least 4 members (excludes halogenated alkanes) is 27. The summed E-state index contributed by atoms with van der Waals surface area (Å²) in [5.41, 5.74) is 0. The van der Waals surface area contributed by atoms with Gasteiger partial charge in [-0.3, -0.25) is 14.4 Å². The minimum absolute atomic E-state index is 0.0848. The van der Waals surface area contributed by atoms with Crippen molar-refractivity contribution in [2.45, 2.75) is 245 Å². The van der Waals surface area contributed by atoms with Gasteiger partial charge in [-0.15, -0.1) is 0 Å². The molecule has 0 spiro atoms. The van der Waals surface area contributed by atoms with Crippen LogP contribution in [0.2, 0.25) is 0 Å². The SMILES string of the molecule is CC\C=C/C=C\C=C/C=C\C=C/CCCCCC(=O)OCC(COC(=O)CCCCCCCCCCCCCCC)OC(=O)CCCCCCCCCCCCCCC. The zero-order chi connectivity index (χ0) is 43.0. The maximum absolute atomic E-state index is 12.8. The highest BCUT2D eigenvalue weighted by atomic mass is 16.6. The minimum Gasteiger partial charge on any atom is -0.462 e. The molecule has 6 heteroatoms.